The molecule has 1 amide bonds. The molecule has 4 nitrogen and oxygen atoms in total. The fraction of sp³-hybridized carbons (Fsp3) is 0.312. The number of nitrogens with one attached hydrogen (secondary N) is 1. The maximum absolute atomic E-state index is 12.2. The summed E-state index contributed by atoms with van der Waals surface area (Å²) in [5.74, 6) is 1.63. The number of carbonyl (C=O) groups is 1. The van der Waals surface area contributed by atoms with E-state index in [1.54, 1.807) is 6.07 Å². The highest BCUT2D eigenvalue weighted by Gasteiger charge is 2.56. The van der Waals surface area contributed by atoms with E-state index in [-0.39, 0.29) is 24.4 Å². The van der Waals surface area contributed by atoms with Crippen LogP contribution in [0.1, 0.15) is 33.2 Å². The molecule has 5 heteroatoms. The van der Waals surface area contributed by atoms with Crippen LogP contribution in [0.4, 0.5) is 0 Å². The quantitative estimate of drug-likeness (QED) is 0.913. The summed E-state index contributed by atoms with van der Waals surface area (Å²) >= 11 is 0. The Labute approximate surface area is 129 Å². The van der Waals surface area contributed by atoms with Crippen LogP contribution in [0.5, 0.6) is 0 Å². The molecule has 0 spiro atoms. The van der Waals surface area contributed by atoms with Gasteiger partial charge in [-0.05, 0) is 29.5 Å². The Balaban J connectivity index is 0.00000132. The summed E-state index contributed by atoms with van der Waals surface area (Å²) in [6, 6.07) is 10.5. The lowest BCUT2D eigenvalue weighted by Crippen LogP contribution is -2.28. The first-order valence-electron chi connectivity index (χ1n) is 6.94. The summed E-state index contributed by atoms with van der Waals surface area (Å²) in [5.41, 5.74) is 8.87. The molecule has 0 radical (unpaired) electrons. The first kappa shape index (κ1) is 14.2. The molecule has 3 unspecified atom stereocenters. The Morgan fingerprint density at radius 3 is 2.95 bits per heavy atom. The maximum atomic E-state index is 12.2. The molecule has 1 aromatic carbocycles. The Morgan fingerprint density at radius 1 is 1.38 bits per heavy atom. The van der Waals surface area contributed by atoms with E-state index in [2.05, 4.69) is 29.6 Å². The van der Waals surface area contributed by atoms with Gasteiger partial charge in [0.15, 0.2) is 0 Å². The molecule has 21 heavy (non-hydrogen) atoms. The summed E-state index contributed by atoms with van der Waals surface area (Å²) in [6.07, 6.45) is 2.55. The third-order valence-electron chi connectivity index (χ3n) is 4.45. The van der Waals surface area contributed by atoms with Crippen LogP contribution >= 0.6 is 12.4 Å². The van der Waals surface area contributed by atoms with Gasteiger partial charge in [0.2, 0.25) is 0 Å². The van der Waals surface area contributed by atoms with Gasteiger partial charge in [0.05, 0.1) is 12.1 Å². The van der Waals surface area contributed by atoms with E-state index in [4.69, 9.17) is 10.2 Å². The molecule has 3 atom stereocenters. The number of furan rings is 1. The summed E-state index contributed by atoms with van der Waals surface area (Å²) < 4.78 is 5.20. The van der Waals surface area contributed by atoms with Crippen LogP contribution in [-0.2, 0) is 13.0 Å². The van der Waals surface area contributed by atoms with Crippen molar-refractivity contribution in [3.63, 3.8) is 0 Å². The minimum atomic E-state index is -0.0645. The lowest BCUT2D eigenvalue weighted by atomic mass is 10.1. The van der Waals surface area contributed by atoms with Crippen molar-refractivity contribution in [2.45, 2.75) is 24.9 Å². The summed E-state index contributed by atoms with van der Waals surface area (Å²) in [6.45, 7) is 0.315. The number of benzene rings is 1. The SMILES string of the molecule is Cl.NCc1cc(C(=O)NC2C3Cc4ccccc4C32)co1. The fourth-order valence-electron chi connectivity index (χ4n) is 3.39. The maximum Gasteiger partial charge on any atom is 0.254 e. The van der Waals surface area contributed by atoms with Gasteiger partial charge in [-0.1, -0.05) is 24.3 Å². The normalized spacial score (nSPS) is 24.7. The molecule has 2 aliphatic carbocycles. The highest BCUT2D eigenvalue weighted by molar-refractivity contribution is 5.94. The molecule has 4 rings (SSSR count). The minimum Gasteiger partial charge on any atom is -0.467 e. The molecule has 1 fully saturated rings. The molecular weight excluding hydrogens is 288 g/mol. The van der Waals surface area contributed by atoms with Crippen LogP contribution in [0.25, 0.3) is 0 Å². The number of halogens is 1. The van der Waals surface area contributed by atoms with Gasteiger partial charge in [-0.15, -0.1) is 12.4 Å². The predicted octanol–water partition coefficient (Wildman–Crippen LogP) is 2.23. The zero-order chi connectivity index (χ0) is 13.7. The molecule has 1 saturated carbocycles. The Hall–Kier alpha value is -1.78. The van der Waals surface area contributed by atoms with Crippen molar-refractivity contribution in [3.05, 3.63) is 59.0 Å². The third kappa shape index (κ3) is 2.24. The average molecular weight is 305 g/mol. The monoisotopic (exact) mass is 304 g/mol. The van der Waals surface area contributed by atoms with Crippen LogP contribution in [0.2, 0.25) is 0 Å². The topological polar surface area (TPSA) is 68.3 Å². The van der Waals surface area contributed by atoms with Crippen molar-refractivity contribution in [1.82, 2.24) is 5.32 Å². The van der Waals surface area contributed by atoms with E-state index < -0.39 is 0 Å². The largest absolute Gasteiger partial charge is 0.467 e. The van der Waals surface area contributed by atoms with Crippen molar-refractivity contribution in [3.8, 4) is 0 Å². The van der Waals surface area contributed by atoms with E-state index in [1.807, 2.05) is 0 Å². The zero-order valence-corrected chi connectivity index (χ0v) is 12.2. The Kier molecular flexibility index (Phi) is 3.51. The van der Waals surface area contributed by atoms with Crippen molar-refractivity contribution >= 4 is 18.3 Å². The molecule has 0 bridgehead atoms. The second-order valence-electron chi connectivity index (χ2n) is 5.60. The van der Waals surface area contributed by atoms with Crippen molar-refractivity contribution < 1.29 is 9.21 Å². The molecule has 2 aromatic rings. The molecule has 3 N–H and O–H groups in total. The van der Waals surface area contributed by atoms with Gasteiger partial charge < -0.3 is 15.5 Å². The number of rotatable bonds is 3. The minimum absolute atomic E-state index is 0. The first-order chi connectivity index (χ1) is 9.78. The van der Waals surface area contributed by atoms with Crippen LogP contribution in [-0.4, -0.2) is 11.9 Å². The summed E-state index contributed by atoms with van der Waals surface area (Å²) in [4.78, 5) is 12.2. The van der Waals surface area contributed by atoms with Gasteiger partial charge in [0.25, 0.3) is 5.91 Å². The molecule has 2 aliphatic rings. The molecule has 0 aliphatic heterocycles. The zero-order valence-electron chi connectivity index (χ0n) is 11.4. The second-order valence-corrected chi connectivity index (χ2v) is 5.60. The molecular formula is C16H17ClN2O2. The van der Waals surface area contributed by atoms with Gasteiger partial charge in [0, 0.05) is 12.0 Å². The van der Waals surface area contributed by atoms with E-state index in [0.29, 0.717) is 29.7 Å². The number of carbonyl (C=O) groups excluding carboxylic acids is 1. The predicted molar refractivity (Wildman–Crippen MR) is 81.5 cm³/mol. The highest BCUT2D eigenvalue weighted by atomic mass is 35.5. The van der Waals surface area contributed by atoms with E-state index in [1.165, 1.54) is 17.4 Å². The molecule has 1 aromatic heterocycles. The van der Waals surface area contributed by atoms with E-state index in [9.17, 15) is 4.79 Å². The first-order valence-corrected chi connectivity index (χ1v) is 6.94. The summed E-state index contributed by atoms with van der Waals surface area (Å²) in [7, 11) is 0. The van der Waals surface area contributed by atoms with Crippen molar-refractivity contribution in [2.75, 3.05) is 0 Å². The van der Waals surface area contributed by atoms with Crippen LogP contribution < -0.4 is 11.1 Å². The van der Waals surface area contributed by atoms with E-state index >= 15 is 0 Å². The van der Waals surface area contributed by atoms with Crippen LogP contribution in [0, 0.1) is 5.92 Å². The number of hydrogen-bond donors (Lipinski definition) is 2. The van der Waals surface area contributed by atoms with E-state index in [0.717, 1.165) is 6.42 Å². The Morgan fingerprint density at radius 2 is 2.19 bits per heavy atom. The van der Waals surface area contributed by atoms with Crippen molar-refractivity contribution in [1.29, 1.82) is 0 Å². The lowest BCUT2D eigenvalue weighted by molar-refractivity contribution is 0.0947. The van der Waals surface area contributed by atoms with Crippen molar-refractivity contribution in [2.24, 2.45) is 11.7 Å². The second kappa shape index (κ2) is 5.20. The van der Waals surface area contributed by atoms with Gasteiger partial charge >= 0.3 is 0 Å². The molecule has 110 valence electrons. The lowest BCUT2D eigenvalue weighted by Gasteiger charge is -2.08. The fourth-order valence-corrected chi connectivity index (χ4v) is 3.39. The summed E-state index contributed by atoms with van der Waals surface area (Å²) in [5, 5.41) is 3.11. The number of nitrogens with two attached hydrogens (primary N) is 1. The highest BCUT2D eigenvalue weighted by Crippen LogP contribution is 2.56. The third-order valence-corrected chi connectivity index (χ3v) is 4.45. The number of fused-ring (bicyclic) bond motifs is 3. The number of hydrogen-bond acceptors (Lipinski definition) is 3. The number of amides is 1. The van der Waals surface area contributed by atoms with Gasteiger partial charge in [-0.2, -0.15) is 0 Å². The van der Waals surface area contributed by atoms with Crippen LogP contribution in [0.15, 0.2) is 41.0 Å². The van der Waals surface area contributed by atoms with Gasteiger partial charge in [0.1, 0.15) is 12.0 Å². The molecule has 0 saturated heterocycles. The average Bonchev–Trinajstić information content (AvgIpc) is 2.87. The Bertz CT molecular complexity index is 682. The van der Waals surface area contributed by atoms with Gasteiger partial charge in [-0.25, -0.2) is 0 Å². The molecule has 1 heterocycles. The van der Waals surface area contributed by atoms with Gasteiger partial charge in [-0.3, -0.25) is 4.79 Å². The standard InChI is InChI=1S/C16H16N2O2.ClH/c17-7-11-5-10(8-20-11)16(19)18-15-13-6-9-3-1-2-4-12(9)14(13)15;/h1-5,8,13-15H,6-7,17H2,(H,18,19);1H. The smallest absolute Gasteiger partial charge is 0.254 e. The van der Waals surface area contributed by atoms with Crippen LogP contribution in [0.3, 0.4) is 0 Å².